The molecule has 0 aliphatic rings. The Bertz CT molecular complexity index is 571. The van der Waals surface area contributed by atoms with Crippen LogP contribution in [0.15, 0.2) is 23.1 Å². The molecule has 6 nitrogen and oxygen atoms in total. The average Bonchev–Trinajstić information content (AvgIpc) is 2.44. The first kappa shape index (κ1) is 17.7. The maximum absolute atomic E-state index is 12.0. The van der Waals surface area contributed by atoms with Crippen LogP contribution in [0.2, 0.25) is 0 Å². The molecule has 0 heterocycles. The zero-order valence-corrected chi connectivity index (χ0v) is 13.6. The lowest BCUT2D eigenvalue weighted by Gasteiger charge is -2.26. The fraction of sp³-hybridized carbons (Fsp3) is 0.571. The maximum Gasteiger partial charge on any atom is 0.242 e. The molecule has 1 rings (SSSR count). The number of anilines is 2. The smallest absolute Gasteiger partial charge is 0.242 e. The molecule has 0 aliphatic carbocycles. The van der Waals surface area contributed by atoms with Crippen LogP contribution in [0, 0.1) is 5.41 Å². The highest BCUT2D eigenvalue weighted by atomic mass is 32.2. The predicted octanol–water partition coefficient (Wildman–Crippen LogP) is 1.39. The van der Waals surface area contributed by atoms with E-state index in [0.717, 1.165) is 12.8 Å². The molecule has 0 aromatic heterocycles. The van der Waals surface area contributed by atoms with Crippen LogP contribution in [-0.2, 0) is 10.0 Å². The van der Waals surface area contributed by atoms with Crippen molar-refractivity contribution in [3.8, 4) is 0 Å². The van der Waals surface area contributed by atoms with E-state index in [9.17, 15) is 8.42 Å². The standard InChI is InChI=1S/C14H25N3O3S/c1-14(2,7-4-8-18)10-17-12-6-5-11(15)9-13(12)21(19,20)16-3/h5-6,9,16-18H,4,7-8,10,15H2,1-3H3. The van der Waals surface area contributed by atoms with Crippen LogP contribution in [0.3, 0.4) is 0 Å². The molecule has 0 atom stereocenters. The molecule has 0 saturated heterocycles. The van der Waals surface area contributed by atoms with Gasteiger partial charge in [0.15, 0.2) is 0 Å². The van der Waals surface area contributed by atoms with E-state index in [4.69, 9.17) is 10.8 Å². The van der Waals surface area contributed by atoms with Crippen LogP contribution in [0.25, 0.3) is 0 Å². The van der Waals surface area contributed by atoms with Gasteiger partial charge in [-0.25, -0.2) is 13.1 Å². The molecule has 0 unspecified atom stereocenters. The largest absolute Gasteiger partial charge is 0.399 e. The molecule has 0 bridgehead atoms. The second-order valence-corrected chi connectivity index (χ2v) is 7.66. The van der Waals surface area contributed by atoms with Gasteiger partial charge in [0.25, 0.3) is 0 Å². The molecule has 0 amide bonds. The zero-order valence-electron chi connectivity index (χ0n) is 12.8. The van der Waals surface area contributed by atoms with Crippen molar-refractivity contribution in [2.24, 2.45) is 5.41 Å². The molecular weight excluding hydrogens is 290 g/mol. The summed E-state index contributed by atoms with van der Waals surface area (Å²) in [6.45, 7) is 4.90. The van der Waals surface area contributed by atoms with E-state index >= 15 is 0 Å². The van der Waals surface area contributed by atoms with Crippen molar-refractivity contribution in [2.45, 2.75) is 31.6 Å². The zero-order chi connectivity index (χ0) is 16.1. The molecular formula is C14H25N3O3S. The lowest BCUT2D eigenvalue weighted by atomic mass is 9.88. The van der Waals surface area contributed by atoms with Crippen LogP contribution in [0.4, 0.5) is 11.4 Å². The molecule has 0 saturated carbocycles. The summed E-state index contributed by atoms with van der Waals surface area (Å²) in [6.07, 6.45) is 1.57. The SMILES string of the molecule is CNS(=O)(=O)c1cc(N)ccc1NCC(C)(C)CCCO. The fourth-order valence-electron chi connectivity index (χ4n) is 2.00. The van der Waals surface area contributed by atoms with E-state index in [0.29, 0.717) is 17.9 Å². The molecule has 0 fully saturated rings. The molecule has 0 spiro atoms. The third-order valence-corrected chi connectivity index (χ3v) is 4.79. The Morgan fingerprint density at radius 3 is 2.57 bits per heavy atom. The minimum absolute atomic E-state index is 0.0508. The highest BCUT2D eigenvalue weighted by molar-refractivity contribution is 7.89. The Kier molecular flexibility index (Phi) is 6.00. The lowest BCUT2D eigenvalue weighted by Crippen LogP contribution is -2.25. The minimum Gasteiger partial charge on any atom is -0.399 e. The van der Waals surface area contributed by atoms with Gasteiger partial charge in [0.1, 0.15) is 4.90 Å². The Morgan fingerprint density at radius 2 is 2.00 bits per heavy atom. The van der Waals surface area contributed by atoms with Gasteiger partial charge in [-0.1, -0.05) is 13.8 Å². The third kappa shape index (κ3) is 5.18. The van der Waals surface area contributed by atoms with Crippen molar-refractivity contribution in [2.75, 3.05) is 31.2 Å². The number of aliphatic hydroxyl groups is 1. The van der Waals surface area contributed by atoms with E-state index in [1.807, 2.05) is 0 Å². The molecule has 1 aromatic rings. The number of nitrogens with two attached hydrogens (primary N) is 1. The molecule has 7 heteroatoms. The number of aliphatic hydroxyl groups excluding tert-OH is 1. The van der Waals surface area contributed by atoms with Crippen molar-refractivity contribution >= 4 is 21.4 Å². The van der Waals surface area contributed by atoms with Crippen LogP contribution in [0.5, 0.6) is 0 Å². The first-order valence-electron chi connectivity index (χ1n) is 6.90. The fourth-order valence-corrected chi connectivity index (χ4v) is 2.94. The average molecular weight is 315 g/mol. The molecule has 1 aromatic carbocycles. The summed E-state index contributed by atoms with van der Waals surface area (Å²) in [5.74, 6) is 0. The first-order valence-corrected chi connectivity index (χ1v) is 8.38. The summed E-state index contributed by atoms with van der Waals surface area (Å²) in [7, 11) is -2.20. The highest BCUT2D eigenvalue weighted by Gasteiger charge is 2.21. The van der Waals surface area contributed by atoms with E-state index in [1.165, 1.54) is 13.1 Å². The van der Waals surface area contributed by atoms with E-state index in [2.05, 4.69) is 23.9 Å². The van der Waals surface area contributed by atoms with Crippen LogP contribution < -0.4 is 15.8 Å². The number of rotatable bonds is 8. The van der Waals surface area contributed by atoms with Crippen molar-refractivity contribution in [3.63, 3.8) is 0 Å². The van der Waals surface area contributed by atoms with Gasteiger partial charge in [0.05, 0.1) is 5.69 Å². The maximum atomic E-state index is 12.0. The van der Waals surface area contributed by atoms with Crippen LogP contribution in [-0.4, -0.2) is 33.7 Å². The number of sulfonamides is 1. The van der Waals surface area contributed by atoms with Gasteiger partial charge in [0.2, 0.25) is 10.0 Å². The summed E-state index contributed by atoms with van der Waals surface area (Å²) in [6, 6.07) is 4.77. The molecule has 120 valence electrons. The molecule has 21 heavy (non-hydrogen) atoms. The first-order chi connectivity index (χ1) is 9.72. The van der Waals surface area contributed by atoms with Gasteiger partial charge in [-0.15, -0.1) is 0 Å². The monoisotopic (exact) mass is 315 g/mol. The van der Waals surface area contributed by atoms with Crippen molar-refractivity contribution in [1.82, 2.24) is 4.72 Å². The van der Waals surface area contributed by atoms with Crippen molar-refractivity contribution in [3.05, 3.63) is 18.2 Å². The summed E-state index contributed by atoms with van der Waals surface area (Å²) in [5.41, 5.74) is 6.55. The van der Waals surface area contributed by atoms with Gasteiger partial charge in [-0.3, -0.25) is 0 Å². The summed E-state index contributed by atoms with van der Waals surface area (Å²) in [5, 5.41) is 12.1. The number of nitrogen functional groups attached to an aromatic ring is 1. The third-order valence-electron chi connectivity index (χ3n) is 3.33. The van der Waals surface area contributed by atoms with Crippen molar-refractivity contribution < 1.29 is 13.5 Å². The van der Waals surface area contributed by atoms with Crippen LogP contribution in [0.1, 0.15) is 26.7 Å². The second kappa shape index (κ2) is 7.11. The number of hydrogen-bond acceptors (Lipinski definition) is 5. The minimum atomic E-state index is -3.57. The summed E-state index contributed by atoms with van der Waals surface area (Å²) >= 11 is 0. The van der Waals surface area contributed by atoms with E-state index < -0.39 is 10.0 Å². The molecule has 0 radical (unpaired) electrons. The number of benzene rings is 1. The Balaban J connectivity index is 2.94. The number of nitrogens with one attached hydrogen (secondary N) is 2. The van der Waals surface area contributed by atoms with Crippen molar-refractivity contribution in [1.29, 1.82) is 0 Å². The summed E-state index contributed by atoms with van der Waals surface area (Å²) < 4.78 is 26.4. The Labute approximate surface area is 126 Å². The predicted molar refractivity (Wildman–Crippen MR) is 85.7 cm³/mol. The Hall–Kier alpha value is -1.31. The van der Waals surface area contributed by atoms with Gasteiger partial charge < -0.3 is 16.2 Å². The molecule has 5 N–H and O–H groups in total. The normalized spacial score (nSPS) is 12.4. The van der Waals surface area contributed by atoms with Gasteiger partial charge in [-0.05, 0) is 43.5 Å². The summed E-state index contributed by atoms with van der Waals surface area (Å²) in [4.78, 5) is 0.142. The van der Waals surface area contributed by atoms with E-state index in [1.54, 1.807) is 12.1 Å². The number of hydrogen-bond donors (Lipinski definition) is 4. The van der Waals surface area contributed by atoms with E-state index in [-0.39, 0.29) is 16.9 Å². The van der Waals surface area contributed by atoms with Gasteiger partial charge in [0, 0.05) is 18.8 Å². The Morgan fingerprint density at radius 1 is 1.33 bits per heavy atom. The molecule has 0 aliphatic heterocycles. The topological polar surface area (TPSA) is 104 Å². The highest BCUT2D eigenvalue weighted by Crippen LogP contribution is 2.27. The van der Waals surface area contributed by atoms with Gasteiger partial charge >= 0.3 is 0 Å². The van der Waals surface area contributed by atoms with Crippen LogP contribution >= 0.6 is 0 Å². The quantitative estimate of drug-likeness (QED) is 0.543. The lowest BCUT2D eigenvalue weighted by molar-refractivity contribution is 0.248. The van der Waals surface area contributed by atoms with Gasteiger partial charge in [-0.2, -0.15) is 0 Å². The second-order valence-electron chi connectivity index (χ2n) is 5.81.